The smallest absolute Gasteiger partial charge is 0.326 e. The lowest BCUT2D eigenvalue weighted by Crippen LogP contribution is -2.25. The Morgan fingerprint density at radius 1 is 1.02 bits per heavy atom. The van der Waals surface area contributed by atoms with E-state index in [0.717, 1.165) is 37.9 Å². The number of likely N-dealkylation sites (tertiary alicyclic amines) is 1. The van der Waals surface area contributed by atoms with Gasteiger partial charge in [-0.05, 0) is 54.7 Å². The molecule has 2 fully saturated rings. The molecule has 0 aliphatic carbocycles. The molecule has 0 unspecified atom stereocenters. The van der Waals surface area contributed by atoms with Crippen LogP contribution in [0.1, 0.15) is 41.5 Å². The largest absolute Gasteiger partial charge is 0.494 e. The molecule has 12 heteroatoms. The Morgan fingerprint density at radius 2 is 1.80 bits per heavy atom. The van der Waals surface area contributed by atoms with E-state index >= 15 is 0 Å². The molecule has 6 rings (SSSR count). The predicted molar refractivity (Wildman–Crippen MR) is 164 cm³/mol. The molecule has 222 valence electrons. The van der Waals surface area contributed by atoms with Gasteiger partial charge in [-0.25, -0.2) is 9.79 Å². The molecular weight excluding hydrogens is 564 g/mol. The fraction of sp³-hybridized carbons (Fsp3) is 0.188. The molecule has 0 atom stereocenters. The summed E-state index contributed by atoms with van der Waals surface area (Å²) in [4.78, 5) is 55.9. The highest BCUT2D eigenvalue weighted by atomic mass is 16.6. The Morgan fingerprint density at radius 3 is 2.45 bits per heavy atom. The number of rotatable bonds is 9. The molecule has 0 spiro atoms. The van der Waals surface area contributed by atoms with E-state index in [-0.39, 0.29) is 23.2 Å². The highest BCUT2D eigenvalue weighted by molar-refractivity contribution is 6.22. The van der Waals surface area contributed by atoms with Crippen molar-refractivity contribution in [2.24, 2.45) is 4.99 Å². The van der Waals surface area contributed by atoms with Gasteiger partial charge in [0, 0.05) is 48.1 Å². The van der Waals surface area contributed by atoms with Gasteiger partial charge in [-0.2, -0.15) is 0 Å². The fourth-order valence-electron chi connectivity index (χ4n) is 5.45. The minimum absolute atomic E-state index is 0.121. The number of hydrogen-bond donors (Lipinski definition) is 4. The maximum absolute atomic E-state index is 11.9. The summed E-state index contributed by atoms with van der Waals surface area (Å²) in [6, 6.07) is 18.4. The van der Waals surface area contributed by atoms with Crippen LogP contribution in [0.3, 0.4) is 0 Å². The molecule has 4 N–H and O–H groups in total. The molecule has 0 bridgehead atoms. The quantitative estimate of drug-likeness (QED) is 0.0723. The van der Waals surface area contributed by atoms with Gasteiger partial charge in [-0.1, -0.05) is 36.4 Å². The molecule has 2 aliphatic rings. The SMILES string of the molecule is O=C1NC(=O)/C(=C/c2ccc(N=C(c3ccc(CCCN4CCCC4=O)cc3)c3c(O)[nH]c4ccc([N+](=O)[O-])cc34)cc2)N1. The first kappa shape index (κ1) is 28.3. The average Bonchev–Trinajstić information content (AvgIpc) is 3.67. The summed E-state index contributed by atoms with van der Waals surface area (Å²) in [5.41, 5.74) is 4.19. The second kappa shape index (κ2) is 11.8. The monoisotopic (exact) mass is 592 g/mol. The van der Waals surface area contributed by atoms with Crippen LogP contribution in [-0.2, 0) is 16.0 Å². The summed E-state index contributed by atoms with van der Waals surface area (Å²) in [6.45, 7) is 1.53. The van der Waals surface area contributed by atoms with E-state index in [4.69, 9.17) is 4.99 Å². The van der Waals surface area contributed by atoms with Gasteiger partial charge in [0.05, 0.1) is 21.9 Å². The molecule has 0 saturated carbocycles. The topological polar surface area (TPSA) is 170 Å². The van der Waals surface area contributed by atoms with Crippen LogP contribution in [0.4, 0.5) is 16.2 Å². The van der Waals surface area contributed by atoms with Crippen LogP contribution < -0.4 is 10.6 Å². The Balaban J connectivity index is 1.34. The standard InChI is InChI=1S/C32H28N6O6/c39-27-4-2-16-37(27)15-1-3-19-5-9-21(10-6-19)29(28-24-18-23(38(43)44)13-14-25(24)34-31(28)41)33-22-11-7-20(8-12-22)17-26-30(40)36-32(42)35-26/h5-14,17-18,34,41H,1-4,15-16H2,(H2,35,36,40,42)/b26-17-,33-29?. The number of nitrogens with one attached hydrogen (secondary N) is 3. The molecule has 4 aromatic rings. The number of aryl methyl sites for hydroxylation is 1. The number of H-pyrrole nitrogens is 1. The number of carbonyl (C=O) groups is 3. The molecule has 12 nitrogen and oxygen atoms in total. The molecular formula is C32H28N6O6. The molecule has 3 aromatic carbocycles. The summed E-state index contributed by atoms with van der Waals surface area (Å²) < 4.78 is 0. The van der Waals surface area contributed by atoms with Crippen molar-refractivity contribution in [3.8, 4) is 5.88 Å². The summed E-state index contributed by atoms with van der Waals surface area (Å²) in [5.74, 6) is -0.486. The molecule has 2 aliphatic heterocycles. The number of carbonyl (C=O) groups excluding carboxylic acids is 3. The number of non-ortho nitro benzene ring substituents is 1. The number of urea groups is 1. The van der Waals surface area contributed by atoms with Crippen LogP contribution in [0.5, 0.6) is 5.88 Å². The van der Waals surface area contributed by atoms with E-state index in [9.17, 15) is 29.6 Å². The number of amides is 4. The predicted octanol–water partition coefficient (Wildman–Crippen LogP) is 4.69. The van der Waals surface area contributed by atoms with Crippen LogP contribution in [0.25, 0.3) is 17.0 Å². The third-order valence-corrected chi connectivity index (χ3v) is 7.67. The normalized spacial score (nSPS) is 16.2. The van der Waals surface area contributed by atoms with Gasteiger partial charge in [-0.3, -0.25) is 25.0 Å². The summed E-state index contributed by atoms with van der Waals surface area (Å²) >= 11 is 0. The molecule has 3 heterocycles. The van der Waals surface area contributed by atoms with Crippen LogP contribution in [0.15, 0.2) is 77.4 Å². The van der Waals surface area contributed by atoms with Crippen LogP contribution >= 0.6 is 0 Å². The van der Waals surface area contributed by atoms with Gasteiger partial charge in [0.25, 0.3) is 11.6 Å². The lowest BCUT2D eigenvalue weighted by Gasteiger charge is -2.15. The Bertz CT molecular complexity index is 1860. The third-order valence-electron chi connectivity index (χ3n) is 7.67. The van der Waals surface area contributed by atoms with Crippen LogP contribution in [-0.4, -0.2) is 56.6 Å². The van der Waals surface area contributed by atoms with Crippen molar-refractivity contribution in [3.63, 3.8) is 0 Å². The number of aromatic amines is 1. The number of nitro benzene ring substituents is 1. The highest BCUT2D eigenvalue weighted by Gasteiger charge is 2.24. The van der Waals surface area contributed by atoms with Crippen molar-refractivity contribution in [3.05, 3.63) is 105 Å². The van der Waals surface area contributed by atoms with Gasteiger partial charge in [0.15, 0.2) is 5.88 Å². The van der Waals surface area contributed by atoms with Gasteiger partial charge in [-0.15, -0.1) is 0 Å². The van der Waals surface area contributed by atoms with Gasteiger partial charge >= 0.3 is 6.03 Å². The Hall–Kier alpha value is -5.78. The number of nitro groups is 1. The lowest BCUT2D eigenvalue weighted by atomic mass is 9.98. The number of aromatic hydroxyl groups is 1. The summed E-state index contributed by atoms with van der Waals surface area (Å²) in [6.07, 6.45) is 4.70. The van der Waals surface area contributed by atoms with E-state index in [0.29, 0.717) is 45.4 Å². The Kier molecular flexibility index (Phi) is 7.63. The van der Waals surface area contributed by atoms with Crippen molar-refractivity contribution < 1.29 is 24.4 Å². The van der Waals surface area contributed by atoms with Crippen molar-refractivity contribution in [2.75, 3.05) is 13.1 Å². The zero-order valence-electron chi connectivity index (χ0n) is 23.5. The van der Waals surface area contributed by atoms with E-state index < -0.39 is 16.9 Å². The zero-order chi connectivity index (χ0) is 30.8. The van der Waals surface area contributed by atoms with Crippen LogP contribution in [0, 0.1) is 10.1 Å². The van der Waals surface area contributed by atoms with Gasteiger partial charge in [0.1, 0.15) is 5.70 Å². The number of fused-ring (bicyclic) bond motifs is 1. The minimum Gasteiger partial charge on any atom is -0.494 e. The second-order valence-electron chi connectivity index (χ2n) is 10.6. The van der Waals surface area contributed by atoms with Crippen molar-refractivity contribution in [1.82, 2.24) is 20.5 Å². The lowest BCUT2D eigenvalue weighted by molar-refractivity contribution is -0.384. The summed E-state index contributed by atoms with van der Waals surface area (Å²) in [7, 11) is 0. The number of aliphatic imine (C=N–C) groups is 1. The molecule has 1 aromatic heterocycles. The van der Waals surface area contributed by atoms with E-state index in [1.807, 2.05) is 29.2 Å². The molecule has 2 saturated heterocycles. The van der Waals surface area contributed by atoms with Gasteiger partial charge in [0.2, 0.25) is 5.91 Å². The van der Waals surface area contributed by atoms with Crippen molar-refractivity contribution >= 4 is 51.9 Å². The zero-order valence-corrected chi connectivity index (χ0v) is 23.5. The average molecular weight is 593 g/mol. The first-order chi connectivity index (χ1) is 21.2. The van der Waals surface area contributed by atoms with Crippen molar-refractivity contribution in [1.29, 1.82) is 0 Å². The number of aromatic nitrogens is 1. The molecule has 0 radical (unpaired) electrons. The van der Waals surface area contributed by atoms with E-state index in [2.05, 4.69) is 15.6 Å². The fourth-order valence-corrected chi connectivity index (χ4v) is 5.45. The van der Waals surface area contributed by atoms with Crippen LogP contribution in [0.2, 0.25) is 0 Å². The maximum Gasteiger partial charge on any atom is 0.326 e. The molecule has 44 heavy (non-hydrogen) atoms. The third kappa shape index (κ3) is 5.91. The number of imide groups is 1. The summed E-state index contributed by atoms with van der Waals surface area (Å²) in [5, 5.41) is 27.6. The number of benzene rings is 3. The molecule has 4 amide bonds. The maximum atomic E-state index is 11.9. The number of nitrogens with zero attached hydrogens (tertiary/aromatic N) is 3. The highest BCUT2D eigenvalue weighted by Crippen LogP contribution is 2.34. The Labute approximate surface area is 251 Å². The minimum atomic E-state index is -0.585. The number of hydrogen-bond acceptors (Lipinski definition) is 7. The van der Waals surface area contributed by atoms with Gasteiger partial charge < -0.3 is 20.3 Å². The van der Waals surface area contributed by atoms with E-state index in [1.165, 1.54) is 18.2 Å². The first-order valence-electron chi connectivity index (χ1n) is 14.1. The van der Waals surface area contributed by atoms with E-state index in [1.54, 1.807) is 30.3 Å². The second-order valence-corrected chi connectivity index (χ2v) is 10.6. The first-order valence-corrected chi connectivity index (χ1v) is 14.1. The van der Waals surface area contributed by atoms with Crippen molar-refractivity contribution in [2.45, 2.75) is 25.7 Å².